The molecule has 0 fully saturated rings. The molecule has 22 heavy (non-hydrogen) atoms. The molecule has 0 unspecified atom stereocenters. The summed E-state index contributed by atoms with van der Waals surface area (Å²) in [7, 11) is 0.750. The van der Waals surface area contributed by atoms with Crippen LogP contribution in [0.4, 0.5) is 0 Å². The maximum Gasteiger partial charge on any atom is 0.229 e. The van der Waals surface area contributed by atoms with E-state index >= 15 is 0 Å². The lowest BCUT2D eigenvalue weighted by Crippen LogP contribution is -2.00. The van der Waals surface area contributed by atoms with Crippen molar-refractivity contribution in [3.63, 3.8) is 0 Å². The van der Waals surface area contributed by atoms with Gasteiger partial charge in [-0.1, -0.05) is 110 Å². The molecule has 0 aliphatic carbocycles. The first-order valence-corrected chi connectivity index (χ1v) is 11.4. The van der Waals surface area contributed by atoms with E-state index in [1.165, 1.54) is 109 Å². The Labute approximate surface area is 143 Å². The molecule has 2 radical (unpaired) electrons. The van der Waals surface area contributed by atoms with Gasteiger partial charge in [0.25, 0.3) is 0 Å². The Kier molecular flexibility index (Phi) is 21.3. The van der Waals surface area contributed by atoms with Gasteiger partial charge in [0.1, 0.15) is 0 Å². The molecule has 0 atom stereocenters. The van der Waals surface area contributed by atoms with Crippen molar-refractivity contribution in [2.75, 3.05) is 6.61 Å². The van der Waals surface area contributed by atoms with Crippen LogP contribution < -0.4 is 0 Å². The van der Waals surface area contributed by atoms with E-state index in [-0.39, 0.29) is 0 Å². The molecular formula is C20H42OSi. The number of hydrogen-bond acceptors (Lipinski definition) is 1. The van der Waals surface area contributed by atoms with Gasteiger partial charge < -0.3 is 4.43 Å². The smallest absolute Gasteiger partial charge is 0.229 e. The highest BCUT2D eigenvalue weighted by Gasteiger charge is 1.95. The second-order valence-corrected chi connectivity index (χ2v) is 7.77. The van der Waals surface area contributed by atoms with E-state index in [1.54, 1.807) is 0 Å². The molecule has 0 spiro atoms. The second kappa shape index (κ2) is 21.2. The quantitative estimate of drug-likeness (QED) is 0.178. The van der Waals surface area contributed by atoms with Gasteiger partial charge in [-0.3, -0.25) is 0 Å². The van der Waals surface area contributed by atoms with Crippen LogP contribution in [0.3, 0.4) is 0 Å². The minimum Gasteiger partial charge on any atom is -0.417 e. The first-order valence-electron chi connectivity index (χ1n) is 10.3. The zero-order valence-corrected chi connectivity index (χ0v) is 16.6. The normalized spacial score (nSPS) is 11.2. The van der Waals surface area contributed by atoms with Crippen molar-refractivity contribution in [1.29, 1.82) is 0 Å². The van der Waals surface area contributed by atoms with E-state index in [2.05, 4.69) is 13.8 Å². The molecule has 0 aromatic carbocycles. The van der Waals surface area contributed by atoms with E-state index < -0.39 is 0 Å². The van der Waals surface area contributed by atoms with Crippen LogP contribution in [0.5, 0.6) is 0 Å². The van der Waals surface area contributed by atoms with Crippen LogP contribution in [-0.2, 0) is 4.43 Å². The minimum atomic E-state index is 0.750. The summed E-state index contributed by atoms with van der Waals surface area (Å²) in [5, 5.41) is 0. The predicted molar refractivity (Wildman–Crippen MR) is 102 cm³/mol. The Hall–Kier alpha value is 0.177. The average molecular weight is 327 g/mol. The third-order valence-electron chi connectivity index (χ3n) is 4.33. The molecule has 0 aliphatic heterocycles. The van der Waals surface area contributed by atoms with Crippen LogP contribution in [0, 0.1) is 0 Å². The van der Waals surface area contributed by atoms with Crippen LogP contribution in [0.2, 0.25) is 6.04 Å². The molecule has 132 valence electrons. The van der Waals surface area contributed by atoms with Crippen molar-refractivity contribution in [2.24, 2.45) is 0 Å². The molecule has 2 heteroatoms. The van der Waals surface area contributed by atoms with Crippen molar-refractivity contribution >= 4 is 9.76 Å². The first kappa shape index (κ1) is 22.2. The maximum atomic E-state index is 5.67. The summed E-state index contributed by atoms with van der Waals surface area (Å²) < 4.78 is 5.67. The molecule has 0 bridgehead atoms. The fourth-order valence-corrected chi connectivity index (χ4v) is 3.69. The van der Waals surface area contributed by atoms with Gasteiger partial charge in [0.05, 0.1) is 0 Å². The Morgan fingerprint density at radius 1 is 0.500 bits per heavy atom. The van der Waals surface area contributed by atoms with Gasteiger partial charge in [0, 0.05) is 6.61 Å². The highest BCUT2D eigenvalue weighted by Crippen LogP contribution is 2.12. The Bertz CT molecular complexity index is 165. The lowest BCUT2D eigenvalue weighted by Gasteiger charge is -2.04. The summed E-state index contributed by atoms with van der Waals surface area (Å²) in [6.07, 6.45) is 22.7. The number of hydrogen-bond donors (Lipinski definition) is 0. The van der Waals surface area contributed by atoms with Crippen molar-refractivity contribution in [1.82, 2.24) is 0 Å². The molecule has 0 aromatic rings. The summed E-state index contributed by atoms with van der Waals surface area (Å²) in [4.78, 5) is 0. The van der Waals surface area contributed by atoms with Crippen molar-refractivity contribution in [3.05, 3.63) is 0 Å². The van der Waals surface area contributed by atoms with Gasteiger partial charge in [-0.15, -0.1) is 0 Å². The largest absolute Gasteiger partial charge is 0.417 e. The fraction of sp³-hybridized carbons (Fsp3) is 1.00. The van der Waals surface area contributed by atoms with E-state index in [0.29, 0.717) is 0 Å². The number of rotatable bonds is 19. The molecule has 0 amide bonds. The molecule has 0 N–H and O–H groups in total. The van der Waals surface area contributed by atoms with Gasteiger partial charge >= 0.3 is 0 Å². The maximum absolute atomic E-state index is 5.67. The molecular weight excluding hydrogens is 284 g/mol. The predicted octanol–water partition coefficient (Wildman–Crippen LogP) is 7.32. The van der Waals surface area contributed by atoms with E-state index in [9.17, 15) is 0 Å². The lowest BCUT2D eigenvalue weighted by molar-refractivity contribution is 0.319. The molecule has 0 saturated carbocycles. The van der Waals surface area contributed by atoms with Gasteiger partial charge in [-0.2, -0.15) is 0 Å². The van der Waals surface area contributed by atoms with Crippen LogP contribution >= 0.6 is 0 Å². The summed E-state index contributed by atoms with van der Waals surface area (Å²) in [6, 6.07) is 1.27. The van der Waals surface area contributed by atoms with E-state index in [0.717, 1.165) is 16.4 Å². The van der Waals surface area contributed by atoms with Crippen LogP contribution in [-0.4, -0.2) is 16.4 Å². The topological polar surface area (TPSA) is 9.23 Å². The zero-order valence-electron chi connectivity index (χ0n) is 15.6. The first-order chi connectivity index (χ1) is 10.9. The second-order valence-electron chi connectivity index (χ2n) is 6.69. The van der Waals surface area contributed by atoms with Gasteiger partial charge in [0.2, 0.25) is 9.76 Å². The summed E-state index contributed by atoms with van der Waals surface area (Å²) in [5.41, 5.74) is 0. The van der Waals surface area contributed by atoms with E-state index in [1.807, 2.05) is 0 Å². The minimum absolute atomic E-state index is 0.750. The van der Waals surface area contributed by atoms with Crippen molar-refractivity contribution < 1.29 is 4.43 Å². The lowest BCUT2D eigenvalue weighted by atomic mass is 10.0. The molecule has 0 aromatic heterocycles. The van der Waals surface area contributed by atoms with Gasteiger partial charge in [-0.05, 0) is 12.5 Å². The summed E-state index contributed by atoms with van der Waals surface area (Å²) in [6.45, 7) is 5.54. The monoisotopic (exact) mass is 326 g/mol. The van der Waals surface area contributed by atoms with Crippen molar-refractivity contribution in [3.8, 4) is 0 Å². The van der Waals surface area contributed by atoms with Crippen LogP contribution in [0.15, 0.2) is 0 Å². The summed E-state index contributed by atoms with van der Waals surface area (Å²) in [5.74, 6) is 0. The highest BCUT2D eigenvalue weighted by molar-refractivity contribution is 6.26. The molecule has 1 nitrogen and oxygen atoms in total. The Morgan fingerprint density at radius 3 is 1.36 bits per heavy atom. The molecule has 0 heterocycles. The SMILES string of the molecule is CCCCCCCCCCCCCCCCO[Si]CCCC. The number of unbranched alkanes of at least 4 members (excludes halogenated alkanes) is 14. The fourth-order valence-electron chi connectivity index (χ4n) is 2.76. The Balaban J connectivity index is 2.91. The van der Waals surface area contributed by atoms with Crippen LogP contribution in [0.25, 0.3) is 0 Å². The summed E-state index contributed by atoms with van der Waals surface area (Å²) >= 11 is 0. The third-order valence-corrected chi connectivity index (χ3v) is 5.30. The molecule has 0 aliphatic rings. The van der Waals surface area contributed by atoms with Gasteiger partial charge in [-0.25, -0.2) is 0 Å². The van der Waals surface area contributed by atoms with E-state index in [4.69, 9.17) is 4.43 Å². The van der Waals surface area contributed by atoms with Gasteiger partial charge in [0.15, 0.2) is 0 Å². The third kappa shape index (κ3) is 20.2. The zero-order chi connectivity index (χ0) is 16.1. The van der Waals surface area contributed by atoms with Crippen molar-refractivity contribution in [2.45, 2.75) is 123 Å². The van der Waals surface area contributed by atoms with Crippen LogP contribution in [0.1, 0.15) is 117 Å². The standard InChI is InChI=1S/C20H42OSi/c1-3-5-7-8-9-10-11-12-13-14-15-16-17-18-19-21-22-20-6-4-2/h3-20H2,1-2H3. The molecule has 0 saturated heterocycles. The highest BCUT2D eigenvalue weighted by atomic mass is 28.2. The average Bonchev–Trinajstić information content (AvgIpc) is 2.54. The molecule has 0 rings (SSSR count). The Morgan fingerprint density at radius 2 is 0.909 bits per heavy atom.